The number of nitrogens with one attached hydrogen (secondary N) is 1. The number of carboxylic acids is 1. The van der Waals surface area contributed by atoms with Crippen LogP contribution in [0, 0.1) is 17.1 Å². The summed E-state index contributed by atoms with van der Waals surface area (Å²) in [7, 11) is 0. The molecule has 0 saturated heterocycles. The molecule has 0 radical (unpaired) electrons. The molecule has 0 aliphatic heterocycles. The molecule has 2 aromatic heterocycles. The third-order valence-corrected chi connectivity index (χ3v) is 5.17. The molecular formula is C21H11FN2O4S. The number of amides is 1. The Morgan fingerprint density at radius 2 is 1.97 bits per heavy atom. The first-order chi connectivity index (χ1) is 14.0. The molecule has 0 spiro atoms. The molecule has 0 unspecified atom stereocenters. The van der Waals surface area contributed by atoms with Gasteiger partial charge in [-0.2, -0.15) is 5.26 Å². The normalized spacial score (nSPS) is 10.6. The molecule has 0 atom stereocenters. The van der Waals surface area contributed by atoms with Crippen LogP contribution in [-0.2, 0) is 0 Å². The van der Waals surface area contributed by atoms with E-state index in [4.69, 9.17) is 9.68 Å². The van der Waals surface area contributed by atoms with Gasteiger partial charge in [0.05, 0.1) is 5.56 Å². The zero-order valence-corrected chi connectivity index (χ0v) is 15.4. The Labute approximate surface area is 167 Å². The molecule has 0 saturated carbocycles. The van der Waals surface area contributed by atoms with Gasteiger partial charge in [0.15, 0.2) is 5.76 Å². The highest BCUT2D eigenvalue weighted by Crippen LogP contribution is 2.36. The largest absolute Gasteiger partial charge is 0.478 e. The number of hydrogen-bond acceptors (Lipinski definition) is 5. The van der Waals surface area contributed by atoms with Crippen molar-refractivity contribution >= 4 is 39.2 Å². The molecule has 29 heavy (non-hydrogen) atoms. The number of fused-ring (bicyclic) bond motifs is 1. The van der Waals surface area contributed by atoms with Gasteiger partial charge in [0, 0.05) is 16.3 Å². The lowest BCUT2D eigenvalue weighted by atomic mass is 10.0. The van der Waals surface area contributed by atoms with Crippen molar-refractivity contribution in [2.75, 3.05) is 5.32 Å². The minimum Gasteiger partial charge on any atom is -0.478 e. The average Bonchev–Trinajstić information content (AvgIpc) is 3.32. The lowest BCUT2D eigenvalue weighted by Gasteiger charge is -2.05. The van der Waals surface area contributed by atoms with Gasteiger partial charge in [0.2, 0.25) is 0 Å². The zero-order chi connectivity index (χ0) is 20.5. The maximum atomic E-state index is 13.6. The zero-order valence-electron chi connectivity index (χ0n) is 14.6. The quantitative estimate of drug-likeness (QED) is 0.489. The molecule has 2 aromatic carbocycles. The van der Waals surface area contributed by atoms with E-state index < -0.39 is 17.7 Å². The van der Waals surface area contributed by atoms with E-state index >= 15 is 0 Å². The number of thiophene rings is 1. The second-order valence-corrected chi connectivity index (χ2v) is 6.95. The lowest BCUT2D eigenvalue weighted by molar-refractivity contribution is 0.0699. The van der Waals surface area contributed by atoms with Crippen molar-refractivity contribution in [2.45, 2.75) is 0 Å². The fraction of sp³-hybridized carbons (Fsp3) is 0. The van der Waals surface area contributed by atoms with Crippen LogP contribution in [0.1, 0.15) is 26.5 Å². The Bertz CT molecular complexity index is 1280. The molecule has 6 nitrogen and oxygen atoms in total. The molecule has 0 bridgehead atoms. The Hall–Kier alpha value is -3.96. The van der Waals surface area contributed by atoms with E-state index in [2.05, 4.69) is 5.32 Å². The van der Waals surface area contributed by atoms with Gasteiger partial charge in [-0.25, -0.2) is 9.18 Å². The van der Waals surface area contributed by atoms with Crippen LogP contribution in [0.15, 0.2) is 58.3 Å². The molecule has 2 N–H and O–H groups in total. The summed E-state index contributed by atoms with van der Waals surface area (Å²) in [5.41, 5.74) is 0.839. The van der Waals surface area contributed by atoms with Gasteiger partial charge in [-0.05, 0) is 29.8 Å². The highest BCUT2D eigenvalue weighted by Gasteiger charge is 2.23. The number of nitriles is 1. The summed E-state index contributed by atoms with van der Waals surface area (Å²) >= 11 is 1.02. The fourth-order valence-electron chi connectivity index (χ4n) is 2.91. The summed E-state index contributed by atoms with van der Waals surface area (Å²) in [4.78, 5) is 24.4. The minimum atomic E-state index is -1.26. The number of carbonyl (C=O) groups is 2. The molecule has 8 heteroatoms. The van der Waals surface area contributed by atoms with Gasteiger partial charge in [-0.1, -0.05) is 24.3 Å². The van der Waals surface area contributed by atoms with Gasteiger partial charge >= 0.3 is 5.97 Å². The van der Waals surface area contributed by atoms with Crippen LogP contribution >= 0.6 is 11.3 Å². The summed E-state index contributed by atoms with van der Waals surface area (Å²) in [6, 6.07) is 14.2. The van der Waals surface area contributed by atoms with Crippen molar-refractivity contribution < 1.29 is 23.5 Å². The SMILES string of the molecule is N#Cc1cc(-c2csc(NC(=O)c3cc4ccccc4o3)c2C(=O)O)ccc1F. The number of hydrogen-bond donors (Lipinski definition) is 2. The molecule has 2 heterocycles. The van der Waals surface area contributed by atoms with Crippen LogP contribution in [0.25, 0.3) is 22.1 Å². The van der Waals surface area contributed by atoms with E-state index in [-0.39, 0.29) is 27.5 Å². The van der Waals surface area contributed by atoms with Crippen molar-refractivity contribution in [2.24, 2.45) is 0 Å². The molecule has 0 fully saturated rings. The van der Waals surface area contributed by atoms with Crippen LogP contribution in [0.2, 0.25) is 0 Å². The molecule has 0 aliphatic rings. The summed E-state index contributed by atoms with van der Waals surface area (Å²) in [6.07, 6.45) is 0. The van der Waals surface area contributed by atoms with Gasteiger partial charge in [-0.3, -0.25) is 4.79 Å². The van der Waals surface area contributed by atoms with Crippen LogP contribution < -0.4 is 5.32 Å². The Morgan fingerprint density at radius 3 is 2.69 bits per heavy atom. The Morgan fingerprint density at radius 1 is 1.17 bits per heavy atom. The standard InChI is InChI=1S/C21H11FN2O4S/c22-15-6-5-11(7-13(15)9-23)14-10-29-20(18(14)21(26)27)24-19(25)17-8-12-3-1-2-4-16(12)28-17/h1-8,10H,(H,24,25)(H,26,27). The molecular weight excluding hydrogens is 395 g/mol. The van der Waals surface area contributed by atoms with Crippen LogP contribution in [-0.4, -0.2) is 17.0 Å². The Kier molecular flexibility index (Phi) is 4.58. The van der Waals surface area contributed by atoms with Crippen molar-refractivity contribution in [1.29, 1.82) is 5.26 Å². The number of halogens is 1. The monoisotopic (exact) mass is 406 g/mol. The number of para-hydroxylation sites is 1. The average molecular weight is 406 g/mol. The number of aromatic carboxylic acids is 1. The van der Waals surface area contributed by atoms with Gasteiger partial charge < -0.3 is 14.8 Å². The van der Waals surface area contributed by atoms with Gasteiger partial charge in [-0.15, -0.1) is 11.3 Å². The van der Waals surface area contributed by atoms with Crippen molar-refractivity contribution in [1.82, 2.24) is 0 Å². The predicted molar refractivity (Wildman–Crippen MR) is 106 cm³/mol. The number of carbonyl (C=O) groups excluding carboxylic acids is 1. The van der Waals surface area contributed by atoms with Crippen molar-refractivity contribution in [3.8, 4) is 17.2 Å². The third-order valence-electron chi connectivity index (χ3n) is 4.28. The van der Waals surface area contributed by atoms with E-state index in [0.29, 0.717) is 11.1 Å². The van der Waals surface area contributed by atoms with E-state index in [0.717, 1.165) is 22.8 Å². The number of furan rings is 1. The van der Waals surface area contributed by atoms with Crippen molar-refractivity contribution in [3.63, 3.8) is 0 Å². The summed E-state index contributed by atoms with van der Waals surface area (Å²) in [5.74, 6) is -2.49. The first-order valence-corrected chi connectivity index (χ1v) is 9.20. The van der Waals surface area contributed by atoms with E-state index in [1.807, 2.05) is 6.07 Å². The van der Waals surface area contributed by atoms with Gasteiger partial charge in [0.1, 0.15) is 28.0 Å². The second-order valence-electron chi connectivity index (χ2n) is 6.07. The fourth-order valence-corrected chi connectivity index (χ4v) is 3.87. The number of nitrogens with zero attached hydrogens (tertiary/aromatic N) is 1. The second kappa shape index (κ2) is 7.22. The molecule has 142 valence electrons. The molecule has 1 amide bonds. The number of benzene rings is 2. The van der Waals surface area contributed by atoms with E-state index in [1.165, 1.54) is 17.5 Å². The van der Waals surface area contributed by atoms with E-state index in [1.54, 1.807) is 30.3 Å². The van der Waals surface area contributed by atoms with Crippen LogP contribution in [0.3, 0.4) is 0 Å². The Balaban J connectivity index is 1.71. The number of anilines is 1. The van der Waals surface area contributed by atoms with E-state index in [9.17, 15) is 19.1 Å². The summed E-state index contributed by atoms with van der Waals surface area (Å²) in [6.45, 7) is 0. The highest BCUT2D eigenvalue weighted by atomic mass is 32.1. The smallest absolute Gasteiger partial charge is 0.339 e. The number of rotatable bonds is 4. The predicted octanol–water partition coefficient (Wildman–Crippen LogP) is 5.12. The minimum absolute atomic E-state index is 0.0473. The lowest BCUT2D eigenvalue weighted by Crippen LogP contribution is -2.12. The summed E-state index contributed by atoms with van der Waals surface area (Å²) < 4.78 is 19.1. The molecule has 0 aliphatic carbocycles. The first kappa shape index (κ1) is 18.4. The van der Waals surface area contributed by atoms with Crippen molar-refractivity contribution in [3.05, 3.63) is 76.6 Å². The molecule has 4 aromatic rings. The third kappa shape index (κ3) is 3.35. The highest BCUT2D eigenvalue weighted by molar-refractivity contribution is 7.15. The number of carboxylic acid groups (broad SMARTS) is 1. The van der Waals surface area contributed by atoms with Gasteiger partial charge in [0.25, 0.3) is 5.91 Å². The maximum Gasteiger partial charge on any atom is 0.339 e. The molecule has 4 rings (SSSR count). The van der Waals surface area contributed by atoms with Crippen LogP contribution in [0.5, 0.6) is 0 Å². The summed E-state index contributed by atoms with van der Waals surface area (Å²) in [5, 5.41) is 23.6. The maximum absolute atomic E-state index is 13.6. The van der Waals surface area contributed by atoms with Crippen LogP contribution in [0.4, 0.5) is 9.39 Å². The first-order valence-electron chi connectivity index (χ1n) is 8.32. The topological polar surface area (TPSA) is 103 Å².